The molecule has 0 unspecified atom stereocenters. The van der Waals surface area contributed by atoms with Gasteiger partial charge < -0.3 is 14.9 Å². The molecule has 0 saturated heterocycles. The molecule has 2 aromatic rings. The van der Waals surface area contributed by atoms with Gasteiger partial charge in [0, 0.05) is 0 Å². The van der Waals surface area contributed by atoms with Crippen LogP contribution in [0.2, 0.25) is 0 Å². The molecule has 0 heterocycles. The highest BCUT2D eigenvalue weighted by atomic mass is 16.6. The van der Waals surface area contributed by atoms with Crippen LogP contribution in [-0.2, 0) is 27.2 Å². The van der Waals surface area contributed by atoms with Gasteiger partial charge in [0.2, 0.25) is 0 Å². The summed E-state index contributed by atoms with van der Waals surface area (Å²) in [5.74, 6) is -1.08. The molecular weight excluding hydrogens is 272 g/mol. The largest absolute Gasteiger partial charge is 0.508 e. The molecule has 2 N–H and O–H groups in total. The number of carbonyl (C=O) groups excluding carboxylic acids is 2. The molecule has 0 saturated carbocycles. The molecular formula is C16H14O5. The number of benzene rings is 2. The predicted octanol–water partition coefficient (Wildman–Crippen LogP) is 1.95. The Kier molecular flexibility index (Phi) is 4.56. The van der Waals surface area contributed by atoms with E-state index in [0.717, 1.165) is 0 Å². The van der Waals surface area contributed by atoms with Gasteiger partial charge in [-0.1, -0.05) is 24.3 Å². The molecule has 0 aliphatic carbocycles. The Balaban J connectivity index is 1.85. The maximum absolute atomic E-state index is 11.6. The third kappa shape index (κ3) is 4.65. The van der Waals surface area contributed by atoms with Crippen LogP contribution in [0.4, 0.5) is 0 Å². The number of carbonyl (C=O) groups is 2. The van der Waals surface area contributed by atoms with E-state index < -0.39 is 11.9 Å². The quantitative estimate of drug-likeness (QED) is 0.663. The summed E-state index contributed by atoms with van der Waals surface area (Å²) in [5, 5.41) is 18.3. The number of hydrogen-bond acceptors (Lipinski definition) is 5. The lowest BCUT2D eigenvalue weighted by molar-refractivity contribution is -0.158. The molecule has 0 radical (unpaired) electrons. The van der Waals surface area contributed by atoms with Crippen LogP contribution in [0.25, 0.3) is 0 Å². The standard InChI is InChI=1S/C16H14O5/c17-13-5-1-11(2-6-13)9-15(19)21-16(20)10-12-3-7-14(18)8-4-12/h1-8,17-18H,9-10H2. The van der Waals surface area contributed by atoms with Gasteiger partial charge in [-0.15, -0.1) is 0 Å². The van der Waals surface area contributed by atoms with Crippen LogP contribution in [-0.4, -0.2) is 22.2 Å². The van der Waals surface area contributed by atoms with E-state index in [9.17, 15) is 9.59 Å². The van der Waals surface area contributed by atoms with Crippen molar-refractivity contribution in [2.75, 3.05) is 0 Å². The first-order chi connectivity index (χ1) is 10.0. The monoisotopic (exact) mass is 286 g/mol. The Hall–Kier alpha value is -2.82. The number of hydrogen-bond donors (Lipinski definition) is 2. The normalized spacial score (nSPS) is 10.1. The van der Waals surface area contributed by atoms with Crippen LogP contribution in [0.3, 0.4) is 0 Å². The van der Waals surface area contributed by atoms with Crippen LogP contribution in [0.1, 0.15) is 11.1 Å². The van der Waals surface area contributed by atoms with Crippen LogP contribution < -0.4 is 0 Å². The molecule has 5 nitrogen and oxygen atoms in total. The van der Waals surface area contributed by atoms with Gasteiger partial charge in [0.25, 0.3) is 0 Å². The Bertz CT molecular complexity index is 571. The highest BCUT2D eigenvalue weighted by Crippen LogP contribution is 2.12. The molecule has 0 spiro atoms. The predicted molar refractivity (Wildman–Crippen MR) is 74.7 cm³/mol. The van der Waals surface area contributed by atoms with E-state index >= 15 is 0 Å². The van der Waals surface area contributed by atoms with E-state index in [0.29, 0.717) is 11.1 Å². The summed E-state index contributed by atoms with van der Waals surface area (Å²) in [5.41, 5.74) is 1.30. The molecule has 0 atom stereocenters. The molecule has 2 rings (SSSR count). The van der Waals surface area contributed by atoms with Crippen molar-refractivity contribution in [3.63, 3.8) is 0 Å². The summed E-state index contributed by atoms with van der Waals surface area (Å²) in [6, 6.07) is 12.2. The number of ether oxygens (including phenoxy) is 1. The van der Waals surface area contributed by atoms with E-state index in [1.54, 1.807) is 24.3 Å². The molecule has 108 valence electrons. The van der Waals surface area contributed by atoms with Crippen LogP contribution in [0.15, 0.2) is 48.5 Å². The average Bonchev–Trinajstić information content (AvgIpc) is 2.44. The third-order valence-corrected chi connectivity index (χ3v) is 2.80. The van der Waals surface area contributed by atoms with E-state index in [-0.39, 0.29) is 24.3 Å². The topological polar surface area (TPSA) is 83.8 Å². The van der Waals surface area contributed by atoms with E-state index in [1.807, 2.05) is 0 Å². The highest BCUT2D eigenvalue weighted by molar-refractivity contribution is 5.87. The lowest BCUT2D eigenvalue weighted by Gasteiger charge is -2.04. The summed E-state index contributed by atoms with van der Waals surface area (Å²) in [7, 11) is 0. The van der Waals surface area contributed by atoms with Gasteiger partial charge in [0.05, 0.1) is 12.8 Å². The molecule has 21 heavy (non-hydrogen) atoms. The molecule has 0 aliphatic rings. The molecule has 0 fully saturated rings. The SMILES string of the molecule is O=C(Cc1ccc(O)cc1)OC(=O)Cc1ccc(O)cc1. The summed E-state index contributed by atoms with van der Waals surface area (Å²) < 4.78 is 4.72. The van der Waals surface area contributed by atoms with Crippen molar-refractivity contribution in [1.29, 1.82) is 0 Å². The van der Waals surface area contributed by atoms with Crippen molar-refractivity contribution in [2.24, 2.45) is 0 Å². The number of phenolic OH excluding ortho intramolecular Hbond substituents is 2. The Morgan fingerprint density at radius 1 is 0.714 bits per heavy atom. The minimum absolute atomic E-state index is 0.0401. The molecule has 5 heteroatoms. The first-order valence-corrected chi connectivity index (χ1v) is 6.32. The first-order valence-electron chi connectivity index (χ1n) is 6.32. The molecule has 0 bridgehead atoms. The second-order valence-electron chi connectivity index (χ2n) is 4.53. The van der Waals surface area contributed by atoms with Gasteiger partial charge in [0.15, 0.2) is 0 Å². The fourth-order valence-corrected chi connectivity index (χ4v) is 1.76. The van der Waals surface area contributed by atoms with E-state index in [4.69, 9.17) is 14.9 Å². The number of esters is 2. The molecule has 2 aromatic carbocycles. The van der Waals surface area contributed by atoms with Gasteiger partial charge in [-0.25, -0.2) is 0 Å². The summed E-state index contributed by atoms with van der Waals surface area (Å²) in [6.07, 6.45) is -0.0802. The van der Waals surface area contributed by atoms with Crippen LogP contribution in [0.5, 0.6) is 11.5 Å². The van der Waals surface area contributed by atoms with Gasteiger partial charge in [-0.2, -0.15) is 0 Å². The van der Waals surface area contributed by atoms with Crippen LogP contribution >= 0.6 is 0 Å². The summed E-state index contributed by atoms with van der Waals surface area (Å²) >= 11 is 0. The van der Waals surface area contributed by atoms with Crippen molar-refractivity contribution in [3.05, 3.63) is 59.7 Å². The maximum atomic E-state index is 11.6. The Morgan fingerprint density at radius 2 is 1.05 bits per heavy atom. The third-order valence-electron chi connectivity index (χ3n) is 2.80. The zero-order chi connectivity index (χ0) is 15.2. The first kappa shape index (κ1) is 14.6. The highest BCUT2D eigenvalue weighted by Gasteiger charge is 2.12. The minimum atomic E-state index is -0.649. The van der Waals surface area contributed by atoms with Gasteiger partial charge >= 0.3 is 11.9 Å². The number of rotatable bonds is 4. The second kappa shape index (κ2) is 6.56. The van der Waals surface area contributed by atoms with E-state index in [2.05, 4.69) is 0 Å². The van der Waals surface area contributed by atoms with Gasteiger partial charge in [-0.05, 0) is 35.4 Å². The lowest BCUT2D eigenvalue weighted by Crippen LogP contribution is -2.16. The van der Waals surface area contributed by atoms with Crippen molar-refractivity contribution >= 4 is 11.9 Å². The van der Waals surface area contributed by atoms with Crippen molar-refractivity contribution in [2.45, 2.75) is 12.8 Å². The minimum Gasteiger partial charge on any atom is -0.508 e. The maximum Gasteiger partial charge on any atom is 0.317 e. The Morgan fingerprint density at radius 3 is 1.38 bits per heavy atom. The number of phenols is 2. The van der Waals surface area contributed by atoms with Gasteiger partial charge in [-0.3, -0.25) is 9.59 Å². The van der Waals surface area contributed by atoms with Crippen molar-refractivity contribution in [1.82, 2.24) is 0 Å². The average molecular weight is 286 g/mol. The molecule has 0 aromatic heterocycles. The fourth-order valence-electron chi connectivity index (χ4n) is 1.76. The van der Waals surface area contributed by atoms with E-state index in [1.165, 1.54) is 24.3 Å². The zero-order valence-electron chi connectivity index (χ0n) is 11.2. The van der Waals surface area contributed by atoms with Crippen molar-refractivity contribution < 1.29 is 24.5 Å². The molecule has 0 aliphatic heterocycles. The smallest absolute Gasteiger partial charge is 0.317 e. The fraction of sp³-hybridized carbons (Fsp3) is 0.125. The van der Waals surface area contributed by atoms with Crippen LogP contribution in [0, 0.1) is 0 Å². The zero-order valence-corrected chi connectivity index (χ0v) is 11.2. The Labute approximate surface area is 121 Å². The second-order valence-corrected chi connectivity index (χ2v) is 4.53. The summed E-state index contributed by atoms with van der Waals surface area (Å²) in [4.78, 5) is 23.2. The van der Waals surface area contributed by atoms with Gasteiger partial charge in [0.1, 0.15) is 11.5 Å². The number of aromatic hydroxyl groups is 2. The lowest BCUT2D eigenvalue weighted by atomic mass is 10.1. The summed E-state index contributed by atoms with van der Waals surface area (Å²) in [6.45, 7) is 0. The van der Waals surface area contributed by atoms with Crippen molar-refractivity contribution in [3.8, 4) is 11.5 Å². The molecule has 0 amide bonds.